The summed E-state index contributed by atoms with van der Waals surface area (Å²) in [6.07, 6.45) is 7.88. The molecule has 1 aliphatic rings. The second-order valence-corrected chi connectivity index (χ2v) is 6.30. The van der Waals surface area contributed by atoms with Crippen molar-refractivity contribution >= 4 is 16.7 Å². The minimum Gasteiger partial charge on any atom is -0.426 e. The van der Waals surface area contributed by atoms with Gasteiger partial charge in [-0.1, -0.05) is 18.2 Å². The highest BCUT2D eigenvalue weighted by molar-refractivity contribution is 5.85. The number of fused-ring (bicyclic) bond motifs is 1. The van der Waals surface area contributed by atoms with Gasteiger partial charge in [0, 0.05) is 5.39 Å². The summed E-state index contributed by atoms with van der Waals surface area (Å²) in [7, 11) is 0. The van der Waals surface area contributed by atoms with Crippen molar-refractivity contribution in [2.45, 2.75) is 32.6 Å². The maximum atomic E-state index is 13.7. The Morgan fingerprint density at radius 3 is 2.58 bits per heavy atom. The molecule has 0 saturated heterocycles. The molecule has 0 aliphatic heterocycles. The van der Waals surface area contributed by atoms with Crippen molar-refractivity contribution in [1.82, 2.24) is 0 Å². The van der Waals surface area contributed by atoms with Crippen LogP contribution in [0.2, 0.25) is 0 Å². The number of allylic oxidation sites excluding steroid dienone is 2. The highest BCUT2D eigenvalue weighted by Crippen LogP contribution is 2.31. The van der Waals surface area contributed by atoms with Crippen LogP contribution in [0.15, 0.2) is 42.5 Å². The maximum Gasteiger partial charge on any atom is 0.314 e. The van der Waals surface area contributed by atoms with E-state index in [0.29, 0.717) is 17.1 Å². The molecule has 1 fully saturated rings. The average Bonchev–Trinajstić information content (AvgIpc) is 2.59. The fourth-order valence-corrected chi connectivity index (χ4v) is 3.33. The van der Waals surface area contributed by atoms with E-state index in [1.54, 1.807) is 6.07 Å². The fourth-order valence-electron chi connectivity index (χ4n) is 3.33. The standard InChI is InChI=1S/C20H20F2O2/c1-2-3-13-4-6-14(7-5-13)20(23)24-16-9-10-17-15(12-16)8-11-18(21)19(17)22/h2-3,8-14H,4-7H2,1H3/b3-2+. The van der Waals surface area contributed by atoms with E-state index < -0.39 is 11.6 Å². The molecule has 4 heteroatoms. The van der Waals surface area contributed by atoms with Crippen LogP contribution in [-0.2, 0) is 4.79 Å². The third-order valence-corrected chi connectivity index (χ3v) is 4.67. The first kappa shape index (κ1) is 16.6. The lowest BCUT2D eigenvalue weighted by Gasteiger charge is -2.25. The van der Waals surface area contributed by atoms with Crippen LogP contribution in [0.4, 0.5) is 8.78 Å². The van der Waals surface area contributed by atoms with Crippen molar-refractivity contribution < 1.29 is 18.3 Å². The lowest BCUT2D eigenvalue weighted by Crippen LogP contribution is -2.25. The third-order valence-electron chi connectivity index (χ3n) is 4.67. The zero-order valence-electron chi connectivity index (χ0n) is 13.6. The summed E-state index contributed by atoms with van der Waals surface area (Å²) in [4.78, 5) is 12.3. The maximum absolute atomic E-state index is 13.7. The zero-order chi connectivity index (χ0) is 17.1. The van der Waals surface area contributed by atoms with Gasteiger partial charge >= 0.3 is 5.97 Å². The molecule has 0 aromatic heterocycles. The number of hydrogen-bond acceptors (Lipinski definition) is 2. The lowest BCUT2D eigenvalue weighted by molar-refractivity contribution is -0.140. The largest absolute Gasteiger partial charge is 0.426 e. The molecular formula is C20H20F2O2. The Bertz CT molecular complexity index is 775. The number of carbonyl (C=O) groups is 1. The van der Waals surface area contributed by atoms with Crippen LogP contribution in [0.3, 0.4) is 0 Å². The first-order chi connectivity index (χ1) is 11.6. The number of ether oxygens (including phenoxy) is 1. The topological polar surface area (TPSA) is 26.3 Å². The van der Waals surface area contributed by atoms with Crippen molar-refractivity contribution in [3.8, 4) is 5.75 Å². The Kier molecular flexibility index (Phi) is 4.93. The van der Waals surface area contributed by atoms with Crippen LogP contribution < -0.4 is 4.74 Å². The van der Waals surface area contributed by atoms with Gasteiger partial charge in [0.1, 0.15) is 5.75 Å². The molecule has 0 amide bonds. The average molecular weight is 330 g/mol. The molecule has 0 bridgehead atoms. The van der Waals surface area contributed by atoms with Crippen LogP contribution >= 0.6 is 0 Å². The van der Waals surface area contributed by atoms with Crippen LogP contribution in [0.25, 0.3) is 10.8 Å². The SMILES string of the molecule is C/C=C/C1CCC(C(=O)Oc2ccc3c(F)c(F)ccc3c2)CC1. The molecule has 1 saturated carbocycles. The zero-order valence-corrected chi connectivity index (χ0v) is 13.6. The molecular weight excluding hydrogens is 310 g/mol. The minimum atomic E-state index is -0.884. The summed E-state index contributed by atoms with van der Waals surface area (Å²) in [5.74, 6) is -1.17. The fraction of sp³-hybridized carbons (Fsp3) is 0.350. The van der Waals surface area contributed by atoms with Crippen molar-refractivity contribution in [2.75, 3.05) is 0 Å². The highest BCUT2D eigenvalue weighted by atomic mass is 19.2. The van der Waals surface area contributed by atoms with E-state index in [-0.39, 0.29) is 17.3 Å². The van der Waals surface area contributed by atoms with Crippen molar-refractivity contribution in [2.24, 2.45) is 11.8 Å². The van der Waals surface area contributed by atoms with Crippen molar-refractivity contribution in [1.29, 1.82) is 0 Å². The first-order valence-electron chi connectivity index (χ1n) is 8.30. The second-order valence-electron chi connectivity index (χ2n) is 6.30. The van der Waals surface area contributed by atoms with Gasteiger partial charge in [0.15, 0.2) is 11.6 Å². The highest BCUT2D eigenvalue weighted by Gasteiger charge is 2.26. The number of halogens is 2. The Morgan fingerprint density at radius 1 is 1.12 bits per heavy atom. The number of carbonyl (C=O) groups excluding carboxylic acids is 1. The molecule has 0 unspecified atom stereocenters. The minimum absolute atomic E-state index is 0.0906. The van der Waals surface area contributed by atoms with E-state index in [9.17, 15) is 13.6 Å². The summed E-state index contributed by atoms with van der Waals surface area (Å²) in [5.41, 5.74) is 0. The normalized spacial score (nSPS) is 21.3. The van der Waals surface area contributed by atoms with Crippen molar-refractivity contribution in [3.05, 3.63) is 54.1 Å². The molecule has 0 heterocycles. The summed E-state index contributed by atoms with van der Waals surface area (Å²) < 4.78 is 32.4. The quantitative estimate of drug-likeness (QED) is 0.427. The van der Waals surface area contributed by atoms with Gasteiger partial charge in [0.25, 0.3) is 0 Å². The number of hydrogen-bond donors (Lipinski definition) is 0. The molecule has 0 radical (unpaired) electrons. The molecule has 3 rings (SSSR count). The van der Waals surface area contributed by atoms with Crippen LogP contribution in [-0.4, -0.2) is 5.97 Å². The smallest absolute Gasteiger partial charge is 0.314 e. The molecule has 2 aromatic carbocycles. The summed E-state index contributed by atoms with van der Waals surface area (Å²) >= 11 is 0. The van der Waals surface area contributed by atoms with E-state index in [4.69, 9.17) is 4.74 Å². The molecule has 0 spiro atoms. The lowest BCUT2D eigenvalue weighted by atomic mass is 9.82. The van der Waals surface area contributed by atoms with E-state index in [1.165, 1.54) is 18.2 Å². The molecule has 0 atom stereocenters. The van der Waals surface area contributed by atoms with E-state index in [0.717, 1.165) is 31.7 Å². The first-order valence-corrected chi connectivity index (χ1v) is 8.30. The Labute approximate surface area is 140 Å². The predicted octanol–water partition coefficient (Wildman–Crippen LogP) is 5.41. The van der Waals surface area contributed by atoms with E-state index >= 15 is 0 Å². The van der Waals surface area contributed by atoms with E-state index in [1.807, 2.05) is 6.92 Å². The molecule has 2 aromatic rings. The second kappa shape index (κ2) is 7.12. The van der Waals surface area contributed by atoms with E-state index in [2.05, 4.69) is 12.2 Å². The predicted molar refractivity (Wildman–Crippen MR) is 89.8 cm³/mol. The summed E-state index contributed by atoms with van der Waals surface area (Å²) in [6.45, 7) is 2.01. The van der Waals surface area contributed by atoms with Crippen LogP contribution in [0.5, 0.6) is 5.75 Å². The van der Waals surface area contributed by atoms with Gasteiger partial charge in [0.2, 0.25) is 0 Å². The van der Waals surface area contributed by atoms with Crippen LogP contribution in [0, 0.1) is 23.5 Å². The van der Waals surface area contributed by atoms with Gasteiger partial charge in [0.05, 0.1) is 5.92 Å². The van der Waals surface area contributed by atoms with Gasteiger partial charge < -0.3 is 4.74 Å². The Hall–Kier alpha value is -2.23. The van der Waals surface area contributed by atoms with Gasteiger partial charge in [-0.2, -0.15) is 0 Å². The number of benzene rings is 2. The molecule has 1 aliphatic carbocycles. The Balaban J connectivity index is 1.69. The van der Waals surface area contributed by atoms with Gasteiger partial charge in [-0.3, -0.25) is 4.79 Å². The summed E-state index contributed by atoms with van der Waals surface area (Å²) in [6, 6.07) is 7.08. The van der Waals surface area contributed by atoms with Gasteiger partial charge in [-0.15, -0.1) is 0 Å². The number of rotatable bonds is 3. The molecule has 126 valence electrons. The van der Waals surface area contributed by atoms with Gasteiger partial charge in [-0.05, 0) is 68.2 Å². The van der Waals surface area contributed by atoms with Crippen LogP contribution in [0.1, 0.15) is 32.6 Å². The molecule has 24 heavy (non-hydrogen) atoms. The Morgan fingerprint density at radius 2 is 1.88 bits per heavy atom. The third kappa shape index (κ3) is 3.48. The monoisotopic (exact) mass is 330 g/mol. The van der Waals surface area contributed by atoms with Crippen molar-refractivity contribution in [3.63, 3.8) is 0 Å². The summed E-state index contributed by atoms with van der Waals surface area (Å²) in [5, 5.41) is 0.692. The van der Waals surface area contributed by atoms with Gasteiger partial charge in [-0.25, -0.2) is 8.78 Å². The number of esters is 1. The molecule has 2 nitrogen and oxygen atoms in total. The molecule has 0 N–H and O–H groups in total.